The molecular weight excluding hydrogens is 379 g/mol. The molecule has 1 fully saturated rings. The van der Waals surface area contributed by atoms with E-state index >= 15 is 0 Å². The number of nitrogens with one attached hydrogen (secondary N) is 1. The number of thioether (sulfide) groups is 1. The van der Waals surface area contributed by atoms with Gasteiger partial charge in [-0.05, 0) is 30.3 Å². The Balaban J connectivity index is 1.94. The van der Waals surface area contributed by atoms with Crippen LogP contribution in [0.4, 0.5) is 15.8 Å². The average molecular weight is 396 g/mol. The summed E-state index contributed by atoms with van der Waals surface area (Å²) in [5, 5.41) is 9.48. The molecule has 2 aromatic rings. The predicted molar refractivity (Wildman–Crippen MR) is 100 cm³/mol. The largest absolute Gasteiger partial charge is 0.478 e. The highest BCUT2D eigenvalue weighted by Gasteiger charge is 2.23. The first-order valence-corrected chi connectivity index (χ1v) is 10.5. The molecule has 0 unspecified atom stereocenters. The number of anilines is 2. The minimum atomic E-state index is -4.24. The van der Waals surface area contributed by atoms with E-state index in [1.54, 1.807) is 6.07 Å². The lowest BCUT2D eigenvalue weighted by Gasteiger charge is -2.29. The van der Waals surface area contributed by atoms with Gasteiger partial charge >= 0.3 is 5.97 Å². The number of rotatable bonds is 5. The van der Waals surface area contributed by atoms with E-state index in [1.807, 2.05) is 11.8 Å². The van der Waals surface area contributed by atoms with E-state index in [9.17, 15) is 22.7 Å². The van der Waals surface area contributed by atoms with Crippen molar-refractivity contribution in [1.29, 1.82) is 0 Å². The Morgan fingerprint density at radius 3 is 2.50 bits per heavy atom. The molecule has 0 atom stereocenters. The van der Waals surface area contributed by atoms with Gasteiger partial charge in [0.2, 0.25) is 0 Å². The molecule has 1 aliphatic heterocycles. The van der Waals surface area contributed by atoms with Gasteiger partial charge in [-0.1, -0.05) is 12.1 Å². The fourth-order valence-electron chi connectivity index (χ4n) is 2.68. The van der Waals surface area contributed by atoms with Crippen molar-refractivity contribution in [1.82, 2.24) is 0 Å². The number of nitrogens with zero attached hydrogens (tertiary/aromatic N) is 1. The topological polar surface area (TPSA) is 86.7 Å². The first-order valence-electron chi connectivity index (χ1n) is 7.86. The van der Waals surface area contributed by atoms with E-state index in [2.05, 4.69) is 9.62 Å². The third-order valence-electron chi connectivity index (χ3n) is 3.98. The highest BCUT2D eigenvalue weighted by atomic mass is 32.2. The molecule has 26 heavy (non-hydrogen) atoms. The molecule has 1 heterocycles. The number of carboxylic acids is 1. The van der Waals surface area contributed by atoms with Gasteiger partial charge < -0.3 is 10.0 Å². The molecule has 0 aliphatic carbocycles. The molecule has 138 valence electrons. The van der Waals surface area contributed by atoms with Gasteiger partial charge in [0.05, 0.1) is 11.3 Å². The molecule has 0 radical (unpaired) electrons. The lowest BCUT2D eigenvalue weighted by molar-refractivity contribution is 0.0698. The third kappa shape index (κ3) is 3.94. The van der Waals surface area contributed by atoms with Crippen LogP contribution in [0.1, 0.15) is 10.4 Å². The van der Waals surface area contributed by atoms with Gasteiger partial charge in [0.15, 0.2) is 0 Å². The smallest absolute Gasteiger partial charge is 0.337 e. The van der Waals surface area contributed by atoms with Crippen LogP contribution in [0.5, 0.6) is 0 Å². The second-order valence-corrected chi connectivity index (χ2v) is 8.55. The second kappa shape index (κ2) is 7.55. The van der Waals surface area contributed by atoms with Crippen molar-refractivity contribution in [3.05, 3.63) is 53.8 Å². The van der Waals surface area contributed by atoms with Crippen molar-refractivity contribution in [2.75, 3.05) is 34.2 Å². The lowest BCUT2D eigenvalue weighted by atomic mass is 10.1. The normalized spacial score (nSPS) is 14.9. The molecule has 0 spiro atoms. The molecule has 0 amide bonds. The van der Waals surface area contributed by atoms with Gasteiger partial charge in [-0.3, -0.25) is 4.72 Å². The number of sulfonamides is 1. The summed E-state index contributed by atoms with van der Waals surface area (Å²) in [6.07, 6.45) is 0. The molecule has 0 bridgehead atoms. The lowest BCUT2D eigenvalue weighted by Crippen LogP contribution is -2.32. The summed E-state index contributed by atoms with van der Waals surface area (Å²) >= 11 is 1.83. The molecule has 2 N–H and O–H groups in total. The van der Waals surface area contributed by atoms with E-state index in [1.165, 1.54) is 24.3 Å². The first-order chi connectivity index (χ1) is 12.4. The first kappa shape index (κ1) is 18.5. The van der Waals surface area contributed by atoms with Crippen LogP contribution in [0.15, 0.2) is 47.4 Å². The number of carboxylic acid groups (broad SMARTS) is 1. The molecular formula is C17H17FN2O4S2. The average Bonchev–Trinajstić information content (AvgIpc) is 2.62. The van der Waals surface area contributed by atoms with E-state index < -0.39 is 26.7 Å². The Bertz CT molecular complexity index is 928. The number of hydrogen-bond donors (Lipinski definition) is 2. The fourth-order valence-corrected chi connectivity index (χ4v) is 4.74. The number of halogens is 1. The summed E-state index contributed by atoms with van der Waals surface area (Å²) in [5.41, 5.74) is 0.438. The summed E-state index contributed by atoms with van der Waals surface area (Å²) in [5.74, 6) is -0.266. The van der Waals surface area contributed by atoms with Crippen molar-refractivity contribution < 1.29 is 22.7 Å². The number of hydrogen-bond acceptors (Lipinski definition) is 5. The van der Waals surface area contributed by atoms with Crippen molar-refractivity contribution >= 4 is 39.1 Å². The van der Waals surface area contributed by atoms with Crippen LogP contribution in [-0.4, -0.2) is 44.1 Å². The predicted octanol–water partition coefficient (Wildman–Crippen LogP) is 2.88. The molecule has 2 aromatic carbocycles. The Labute approximate surface area is 155 Å². The zero-order chi connectivity index (χ0) is 18.7. The summed E-state index contributed by atoms with van der Waals surface area (Å²) in [6.45, 7) is 1.59. The van der Waals surface area contributed by atoms with Crippen LogP contribution in [-0.2, 0) is 10.0 Å². The SMILES string of the molecule is O=C(O)c1cc(N2CCSCC2)ccc1NS(=O)(=O)c1ccccc1F. The van der Waals surface area contributed by atoms with Gasteiger partial charge in [-0.25, -0.2) is 17.6 Å². The van der Waals surface area contributed by atoms with E-state index in [0.717, 1.165) is 42.4 Å². The highest BCUT2D eigenvalue weighted by Crippen LogP contribution is 2.27. The molecule has 3 rings (SSSR count). The van der Waals surface area contributed by atoms with Gasteiger partial charge in [0.25, 0.3) is 10.0 Å². The Morgan fingerprint density at radius 1 is 1.15 bits per heavy atom. The Hall–Kier alpha value is -2.26. The van der Waals surface area contributed by atoms with E-state index in [4.69, 9.17) is 0 Å². The highest BCUT2D eigenvalue weighted by molar-refractivity contribution is 7.99. The molecule has 1 saturated heterocycles. The van der Waals surface area contributed by atoms with Crippen LogP contribution >= 0.6 is 11.8 Å². The minimum absolute atomic E-state index is 0.101. The number of carbonyl (C=O) groups is 1. The summed E-state index contributed by atoms with van der Waals surface area (Å²) in [7, 11) is -4.24. The summed E-state index contributed by atoms with van der Waals surface area (Å²) < 4.78 is 40.8. The Morgan fingerprint density at radius 2 is 1.85 bits per heavy atom. The quantitative estimate of drug-likeness (QED) is 0.808. The zero-order valence-corrected chi connectivity index (χ0v) is 15.3. The van der Waals surface area contributed by atoms with Gasteiger partial charge in [-0.15, -0.1) is 0 Å². The van der Waals surface area contributed by atoms with Crippen molar-refractivity contribution in [3.8, 4) is 0 Å². The maximum atomic E-state index is 13.8. The third-order valence-corrected chi connectivity index (χ3v) is 6.32. The van der Waals surface area contributed by atoms with E-state index in [-0.39, 0.29) is 11.3 Å². The molecule has 0 aromatic heterocycles. The van der Waals surface area contributed by atoms with Crippen LogP contribution in [0.3, 0.4) is 0 Å². The number of aromatic carboxylic acids is 1. The maximum absolute atomic E-state index is 13.8. The van der Waals surface area contributed by atoms with Gasteiger partial charge in [0, 0.05) is 30.3 Å². The zero-order valence-electron chi connectivity index (χ0n) is 13.7. The number of benzene rings is 2. The van der Waals surface area contributed by atoms with Gasteiger partial charge in [0.1, 0.15) is 10.7 Å². The molecule has 1 aliphatic rings. The fraction of sp³-hybridized carbons (Fsp3) is 0.235. The Kier molecular flexibility index (Phi) is 5.38. The minimum Gasteiger partial charge on any atom is -0.478 e. The van der Waals surface area contributed by atoms with Crippen LogP contribution in [0.25, 0.3) is 0 Å². The molecule has 0 saturated carbocycles. The van der Waals surface area contributed by atoms with Crippen LogP contribution < -0.4 is 9.62 Å². The van der Waals surface area contributed by atoms with Crippen molar-refractivity contribution in [2.24, 2.45) is 0 Å². The van der Waals surface area contributed by atoms with Crippen LogP contribution in [0.2, 0.25) is 0 Å². The van der Waals surface area contributed by atoms with E-state index in [0.29, 0.717) is 0 Å². The molecule has 6 nitrogen and oxygen atoms in total. The maximum Gasteiger partial charge on any atom is 0.337 e. The van der Waals surface area contributed by atoms with Crippen LogP contribution in [0, 0.1) is 5.82 Å². The van der Waals surface area contributed by atoms with Gasteiger partial charge in [-0.2, -0.15) is 11.8 Å². The molecule has 9 heteroatoms. The summed E-state index contributed by atoms with van der Waals surface area (Å²) in [4.78, 5) is 13.1. The second-order valence-electron chi connectivity index (χ2n) is 5.67. The summed E-state index contributed by atoms with van der Waals surface area (Å²) in [6, 6.07) is 9.44. The monoisotopic (exact) mass is 396 g/mol. The van der Waals surface area contributed by atoms with Crippen molar-refractivity contribution in [2.45, 2.75) is 4.90 Å². The standard InChI is InChI=1S/C17H17FN2O4S2/c18-14-3-1-2-4-16(14)26(23,24)19-15-6-5-12(11-13(15)17(21)22)20-7-9-25-10-8-20/h1-6,11,19H,7-10H2,(H,21,22). The van der Waals surface area contributed by atoms with Crippen molar-refractivity contribution in [3.63, 3.8) is 0 Å².